The van der Waals surface area contributed by atoms with E-state index in [1.54, 1.807) is 31.5 Å². The number of carbonyl (C=O) groups is 1. The Morgan fingerprint density at radius 3 is 2.79 bits per heavy atom. The van der Waals surface area contributed by atoms with E-state index in [0.29, 0.717) is 30.5 Å². The molecule has 0 aliphatic rings. The van der Waals surface area contributed by atoms with Crippen LogP contribution in [0.4, 0.5) is 11.6 Å². The summed E-state index contributed by atoms with van der Waals surface area (Å²) in [7, 11) is 3.50. The summed E-state index contributed by atoms with van der Waals surface area (Å²) >= 11 is 6.45. The van der Waals surface area contributed by atoms with E-state index in [1.807, 2.05) is 11.9 Å². The van der Waals surface area contributed by atoms with E-state index in [9.17, 15) is 14.7 Å². The number of anilines is 2. The number of nitrogen functional groups attached to an aromatic ring is 1. The van der Waals surface area contributed by atoms with Crippen molar-refractivity contribution in [3.05, 3.63) is 63.7 Å². The molecule has 170 valence electrons. The van der Waals surface area contributed by atoms with Crippen LogP contribution in [-0.4, -0.2) is 62.7 Å². The van der Waals surface area contributed by atoms with Crippen molar-refractivity contribution in [2.75, 3.05) is 37.9 Å². The van der Waals surface area contributed by atoms with Crippen molar-refractivity contribution in [2.45, 2.75) is 0 Å². The van der Waals surface area contributed by atoms with Crippen LogP contribution in [0.25, 0.3) is 22.5 Å². The molecule has 0 aromatic carbocycles. The molecule has 0 aliphatic carbocycles. The number of carboxylic acids is 1. The predicted molar refractivity (Wildman–Crippen MR) is 124 cm³/mol. The lowest BCUT2D eigenvalue weighted by atomic mass is 10.2. The maximum atomic E-state index is 12.8. The number of fused-ring (bicyclic) bond motifs is 1. The van der Waals surface area contributed by atoms with Crippen molar-refractivity contribution < 1.29 is 14.6 Å². The molecule has 4 rings (SSSR count). The Labute approximate surface area is 192 Å². The van der Waals surface area contributed by atoms with Crippen LogP contribution < -0.4 is 16.1 Å². The summed E-state index contributed by atoms with van der Waals surface area (Å²) in [4.78, 5) is 35.1. The van der Waals surface area contributed by atoms with E-state index >= 15 is 0 Å². The number of ether oxygens (including phenoxy) is 1. The molecule has 12 heteroatoms. The van der Waals surface area contributed by atoms with Crippen LogP contribution in [-0.2, 0) is 4.74 Å². The van der Waals surface area contributed by atoms with Gasteiger partial charge in [-0.15, -0.1) is 5.10 Å². The van der Waals surface area contributed by atoms with E-state index in [2.05, 4.69) is 15.1 Å². The Bertz CT molecular complexity index is 1400. The predicted octanol–water partition coefficient (Wildman–Crippen LogP) is 1.98. The summed E-state index contributed by atoms with van der Waals surface area (Å²) < 4.78 is 8.04. The molecule has 0 amide bonds. The zero-order valence-corrected chi connectivity index (χ0v) is 18.5. The Kier molecular flexibility index (Phi) is 5.99. The summed E-state index contributed by atoms with van der Waals surface area (Å²) in [6, 6.07) is 6.39. The number of aromatic nitrogens is 5. The average Bonchev–Trinajstić information content (AvgIpc) is 3.28. The molecule has 33 heavy (non-hydrogen) atoms. The molecule has 0 aliphatic heterocycles. The highest BCUT2D eigenvalue weighted by atomic mass is 35.5. The van der Waals surface area contributed by atoms with Gasteiger partial charge in [0.2, 0.25) is 5.43 Å². The number of likely N-dealkylation sites (N-methyl/N-ethyl adjacent to an activating group) is 1. The van der Waals surface area contributed by atoms with Crippen molar-refractivity contribution in [1.82, 2.24) is 24.3 Å². The zero-order valence-electron chi connectivity index (χ0n) is 17.8. The number of nitrogens with two attached hydrogens (primary N) is 1. The normalized spacial score (nSPS) is 11.1. The van der Waals surface area contributed by atoms with Crippen LogP contribution in [0, 0.1) is 0 Å². The summed E-state index contributed by atoms with van der Waals surface area (Å²) in [5.74, 6) is -0.127. The van der Waals surface area contributed by atoms with Crippen LogP contribution in [0.5, 0.6) is 0 Å². The first kappa shape index (κ1) is 22.2. The monoisotopic (exact) mass is 469 g/mol. The van der Waals surface area contributed by atoms with Gasteiger partial charge in [0.1, 0.15) is 11.4 Å². The summed E-state index contributed by atoms with van der Waals surface area (Å²) in [6.07, 6.45) is 4.35. The minimum absolute atomic E-state index is 0.0464. The molecule has 11 nitrogen and oxygen atoms in total. The van der Waals surface area contributed by atoms with Crippen LogP contribution in [0.1, 0.15) is 10.4 Å². The van der Waals surface area contributed by atoms with Gasteiger partial charge in [0.15, 0.2) is 17.3 Å². The zero-order chi connectivity index (χ0) is 23.7. The number of halogens is 1. The second kappa shape index (κ2) is 8.88. The molecule has 0 saturated carbocycles. The lowest BCUT2D eigenvalue weighted by Crippen LogP contribution is -2.22. The molecule has 4 heterocycles. The van der Waals surface area contributed by atoms with Gasteiger partial charge in [-0.3, -0.25) is 9.36 Å². The smallest absolute Gasteiger partial charge is 0.341 e. The Morgan fingerprint density at radius 2 is 2.12 bits per heavy atom. The standard InChI is InChI=1S/C21H20ClN7O4/c1-27(7-8-33-2)17-5-6-29(26-17)20-15(22)9-13-18(30)14(21(31)32)11-28(19(13)25-20)12-3-4-16(23)24-10-12/h3-6,9-11H,7-8H2,1-2H3,(H2,23,24)(H,31,32). The second-order valence-corrected chi connectivity index (χ2v) is 7.59. The Morgan fingerprint density at radius 1 is 1.33 bits per heavy atom. The number of methoxy groups -OCH3 is 1. The molecule has 0 saturated heterocycles. The van der Waals surface area contributed by atoms with Gasteiger partial charge in [-0.05, 0) is 18.2 Å². The summed E-state index contributed by atoms with van der Waals surface area (Å²) in [5, 5.41) is 14.2. The molecule has 3 N–H and O–H groups in total. The molecule has 0 fully saturated rings. The van der Waals surface area contributed by atoms with Crippen LogP contribution in [0.3, 0.4) is 0 Å². The lowest BCUT2D eigenvalue weighted by Gasteiger charge is -2.15. The van der Waals surface area contributed by atoms with E-state index in [-0.39, 0.29) is 21.9 Å². The number of nitrogens with zero attached hydrogens (tertiary/aromatic N) is 6. The first-order valence-electron chi connectivity index (χ1n) is 9.77. The highest BCUT2D eigenvalue weighted by Crippen LogP contribution is 2.25. The van der Waals surface area contributed by atoms with Gasteiger partial charge >= 0.3 is 5.97 Å². The quantitative estimate of drug-likeness (QED) is 0.415. The van der Waals surface area contributed by atoms with Crippen LogP contribution in [0.15, 0.2) is 47.7 Å². The molecular weight excluding hydrogens is 450 g/mol. The molecule has 0 unspecified atom stereocenters. The van der Waals surface area contributed by atoms with Gasteiger partial charge in [-0.1, -0.05) is 11.6 Å². The third-order valence-corrected chi connectivity index (χ3v) is 5.28. The first-order valence-corrected chi connectivity index (χ1v) is 10.1. The lowest BCUT2D eigenvalue weighted by molar-refractivity contribution is 0.0695. The number of carboxylic acid groups (broad SMARTS) is 1. The van der Waals surface area contributed by atoms with Gasteiger partial charge < -0.3 is 20.5 Å². The SMILES string of the molecule is COCCN(C)c1ccn(-c2nc3c(cc2Cl)c(=O)c(C(=O)O)cn3-c2ccc(N)nc2)n1. The number of aromatic carboxylic acids is 1. The van der Waals surface area contributed by atoms with Crippen LogP contribution >= 0.6 is 11.6 Å². The third kappa shape index (κ3) is 4.23. The summed E-state index contributed by atoms with van der Waals surface area (Å²) in [6.45, 7) is 1.17. The molecular formula is C21H20ClN7O4. The fraction of sp³-hybridized carbons (Fsp3) is 0.190. The highest BCUT2D eigenvalue weighted by molar-refractivity contribution is 6.32. The van der Waals surface area contributed by atoms with Gasteiger partial charge in [-0.25, -0.2) is 19.4 Å². The minimum Gasteiger partial charge on any atom is -0.477 e. The first-order chi connectivity index (χ1) is 15.8. The second-order valence-electron chi connectivity index (χ2n) is 7.19. The topological polar surface area (TPSA) is 141 Å². The van der Waals surface area contributed by atoms with Gasteiger partial charge in [-0.2, -0.15) is 0 Å². The maximum absolute atomic E-state index is 12.8. The van der Waals surface area contributed by atoms with Crippen molar-refractivity contribution in [3.8, 4) is 11.5 Å². The third-order valence-electron chi connectivity index (χ3n) is 5.01. The highest BCUT2D eigenvalue weighted by Gasteiger charge is 2.20. The van der Waals surface area contributed by atoms with E-state index in [0.717, 1.165) is 0 Å². The van der Waals surface area contributed by atoms with E-state index in [1.165, 1.54) is 27.7 Å². The molecule has 0 bridgehead atoms. The number of hydrogen-bond acceptors (Lipinski definition) is 8. The van der Waals surface area contributed by atoms with E-state index in [4.69, 9.17) is 22.1 Å². The maximum Gasteiger partial charge on any atom is 0.341 e. The van der Waals surface area contributed by atoms with Crippen molar-refractivity contribution in [2.24, 2.45) is 0 Å². The molecule has 0 spiro atoms. The average molecular weight is 470 g/mol. The Balaban J connectivity index is 1.92. The Hall–Kier alpha value is -3.96. The van der Waals surface area contributed by atoms with Crippen molar-refractivity contribution in [3.63, 3.8) is 0 Å². The summed E-state index contributed by atoms with van der Waals surface area (Å²) in [5.41, 5.74) is 5.22. The van der Waals surface area contributed by atoms with Crippen molar-refractivity contribution in [1.29, 1.82) is 0 Å². The number of hydrogen-bond donors (Lipinski definition) is 2. The van der Waals surface area contributed by atoms with Crippen LogP contribution in [0.2, 0.25) is 5.02 Å². The van der Waals surface area contributed by atoms with Gasteiger partial charge in [0.05, 0.1) is 28.9 Å². The van der Waals surface area contributed by atoms with Gasteiger partial charge in [0.25, 0.3) is 0 Å². The van der Waals surface area contributed by atoms with Gasteiger partial charge in [0, 0.05) is 39.2 Å². The van der Waals surface area contributed by atoms with E-state index < -0.39 is 17.0 Å². The minimum atomic E-state index is -1.37. The number of rotatable bonds is 7. The number of pyridine rings is 3. The molecule has 0 radical (unpaired) electrons. The largest absolute Gasteiger partial charge is 0.477 e. The fourth-order valence-electron chi connectivity index (χ4n) is 3.24. The molecule has 0 atom stereocenters. The fourth-order valence-corrected chi connectivity index (χ4v) is 3.48. The molecule has 4 aromatic heterocycles. The van der Waals surface area contributed by atoms with Crippen molar-refractivity contribution >= 4 is 40.2 Å². The molecule has 4 aromatic rings.